The normalized spacial score (nSPS) is 28.0. The van der Waals surface area contributed by atoms with Crippen molar-refractivity contribution in [3.63, 3.8) is 0 Å². The number of hydrogen-bond donors (Lipinski definition) is 1. The molecule has 2 saturated heterocycles. The average molecular weight is 462 g/mol. The van der Waals surface area contributed by atoms with Gasteiger partial charge in [-0.15, -0.1) is 0 Å². The van der Waals surface area contributed by atoms with E-state index in [0.29, 0.717) is 13.2 Å². The van der Waals surface area contributed by atoms with Gasteiger partial charge in [-0.25, -0.2) is 0 Å². The van der Waals surface area contributed by atoms with Crippen LogP contribution in [0.15, 0.2) is 24.4 Å². The van der Waals surface area contributed by atoms with E-state index in [2.05, 4.69) is 33.8 Å². The molecule has 25 heavy (non-hydrogen) atoms. The Morgan fingerprint density at radius 3 is 2.68 bits per heavy atom. The van der Waals surface area contributed by atoms with Gasteiger partial charge in [-0.3, -0.25) is 0 Å². The number of ether oxygens (including phenoxy) is 1. The second-order valence-electron chi connectivity index (χ2n) is 7.12. The SMILES string of the molecule is CC1(N2CCN(c3cc4c[c]([In])ncc4cc3Cl)CC2)COCC1O. The number of aromatic nitrogens is 1. The molecule has 5 nitrogen and oxygen atoms in total. The van der Waals surface area contributed by atoms with Crippen LogP contribution >= 0.6 is 11.6 Å². The van der Waals surface area contributed by atoms with Crippen molar-refractivity contribution >= 4 is 55.9 Å². The van der Waals surface area contributed by atoms with Crippen molar-refractivity contribution in [3.05, 3.63) is 29.4 Å². The standard InChI is InChI=1S/C18H21ClN3O2.In/c1-18(12-24-11-17(18)23)22-6-4-21(5-7-22)16-9-13-2-3-20-10-14(13)8-15(16)19;/h2,8-10,17,23H,4-7,11-12H2,1H3;. The number of benzene rings is 1. The molecule has 0 spiro atoms. The van der Waals surface area contributed by atoms with Gasteiger partial charge in [0.05, 0.1) is 0 Å². The summed E-state index contributed by atoms with van der Waals surface area (Å²) in [6.07, 6.45) is 1.49. The third-order valence-electron chi connectivity index (χ3n) is 5.54. The fourth-order valence-electron chi connectivity index (χ4n) is 3.83. The quantitative estimate of drug-likeness (QED) is 0.722. The zero-order valence-electron chi connectivity index (χ0n) is 14.3. The minimum absolute atomic E-state index is 0.271. The van der Waals surface area contributed by atoms with Gasteiger partial charge in [0.15, 0.2) is 0 Å². The topological polar surface area (TPSA) is 48.8 Å². The van der Waals surface area contributed by atoms with Gasteiger partial charge in [0, 0.05) is 0 Å². The van der Waals surface area contributed by atoms with E-state index >= 15 is 0 Å². The van der Waals surface area contributed by atoms with Gasteiger partial charge in [0.25, 0.3) is 0 Å². The summed E-state index contributed by atoms with van der Waals surface area (Å²) in [6.45, 7) is 6.71. The number of halogens is 1. The van der Waals surface area contributed by atoms with Crippen molar-refractivity contribution in [2.24, 2.45) is 0 Å². The van der Waals surface area contributed by atoms with E-state index in [0.717, 1.165) is 70.1 Å². The number of aliphatic hydroxyl groups excluding tert-OH is 1. The molecule has 3 heterocycles. The Kier molecular flexibility index (Phi) is 4.92. The summed E-state index contributed by atoms with van der Waals surface area (Å²) < 4.78 is 6.62. The Bertz CT molecular complexity index is 797. The molecule has 2 unspecified atom stereocenters. The molecule has 0 amide bonds. The monoisotopic (exact) mass is 461 g/mol. The number of aliphatic hydroxyl groups is 1. The van der Waals surface area contributed by atoms with Crippen LogP contribution in [0.3, 0.4) is 0 Å². The molecule has 1 aromatic carbocycles. The van der Waals surface area contributed by atoms with Gasteiger partial charge in [0.2, 0.25) is 0 Å². The van der Waals surface area contributed by atoms with Crippen molar-refractivity contribution < 1.29 is 9.84 Å². The van der Waals surface area contributed by atoms with Crippen LogP contribution in [0.1, 0.15) is 6.92 Å². The van der Waals surface area contributed by atoms with Crippen molar-refractivity contribution in [1.82, 2.24) is 9.88 Å². The molecule has 2 atom stereocenters. The number of rotatable bonds is 2. The molecule has 7 heteroatoms. The van der Waals surface area contributed by atoms with Crippen LogP contribution in [0.4, 0.5) is 5.69 Å². The predicted octanol–water partition coefficient (Wildman–Crippen LogP) is 0.954. The average Bonchev–Trinajstić information content (AvgIpc) is 2.95. The van der Waals surface area contributed by atoms with Crippen LogP contribution in [-0.2, 0) is 4.74 Å². The van der Waals surface area contributed by atoms with Gasteiger partial charge in [-0.1, -0.05) is 0 Å². The predicted molar refractivity (Wildman–Crippen MR) is 101 cm³/mol. The molecule has 0 bridgehead atoms. The molecule has 0 aliphatic carbocycles. The molecule has 4 rings (SSSR count). The fraction of sp³-hybridized carbons (Fsp3) is 0.500. The summed E-state index contributed by atoms with van der Waals surface area (Å²) in [5.74, 6) is 0. The van der Waals surface area contributed by atoms with E-state index in [9.17, 15) is 5.11 Å². The molecule has 1 N–H and O–H groups in total. The molecular weight excluding hydrogens is 440 g/mol. The van der Waals surface area contributed by atoms with E-state index in [1.165, 1.54) is 5.39 Å². The summed E-state index contributed by atoms with van der Waals surface area (Å²) in [5.41, 5.74) is 0.820. The van der Waals surface area contributed by atoms with Crippen molar-refractivity contribution in [3.8, 4) is 0 Å². The van der Waals surface area contributed by atoms with Crippen LogP contribution in [0.2, 0.25) is 5.02 Å². The van der Waals surface area contributed by atoms with Gasteiger partial charge in [-0.2, -0.15) is 0 Å². The molecule has 130 valence electrons. The van der Waals surface area contributed by atoms with Crippen LogP contribution in [-0.4, -0.2) is 90.4 Å². The van der Waals surface area contributed by atoms with Crippen molar-refractivity contribution in [1.29, 1.82) is 0 Å². The number of nitrogens with zero attached hydrogens (tertiary/aromatic N) is 3. The first-order valence-electron chi connectivity index (χ1n) is 8.58. The molecule has 1 aromatic heterocycles. The Hall–Kier alpha value is -0.530. The fourth-order valence-corrected chi connectivity index (χ4v) is 4.84. The third kappa shape index (κ3) is 3.28. The Morgan fingerprint density at radius 2 is 2.00 bits per heavy atom. The van der Waals surface area contributed by atoms with Crippen LogP contribution in [0.25, 0.3) is 10.8 Å². The van der Waals surface area contributed by atoms with Crippen LogP contribution < -0.4 is 8.35 Å². The maximum atomic E-state index is 10.3. The molecule has 0 saturated carbocycles. The molecule has 2 radical (unpaired) electrons. The number of piperazine rings is 1. The van der Waals surface area contributed by atoms with Gasteiger partial charge in [0.1, 0.15) is 0 Å². The minimum atomic E-state index is -0.414. The summed E-state index contributed by atoms with van der Waals surface area (Å²) >= 11 is 7.57. The molecular formula is C18H21ClInN3O2. The zero-order chi connectivity index (χ0) is 17.6. The summed E-state index contributed by atoms with van der Waals surface area (Å²) in [4.78, 5) is 9.10. The van der Waals surface area contributed by atoms with Crippen molar-refractivity contribution in [2.45, 2.75) is 18.6 Å². The summed E-state index contributed by atoms with van der Waals surface area (Å²) in [5, 5.41) is 13.3. The summed E-state index contributed by atoms with van der Waals surface area (Å²) in [7, 11) is 0. The first-order valence-corrected chi connectivity index (χ1v) is 10.6. The second kappa shape index (κ2) is 6.89. The zero-order valence-corrected chi connectivity index (χ0v) is 18.3. The van der Waals surface area contributed by atoms with E-state index in [1.54, 1.807) is 0 Å². The van der Waals surface area contributed by atoms with Crippen molar-refractivity contribution in [2.75, 3.05) is 44.3 Å². The van der Waals surface area contributed by atoms with Crippen LogP contribution in [0, 0.1) is 0 Å². The number of anilines is 1. The Morgan fingerprint density at radius 1 is 1.24 bits per heavy atom. The first kappa shape index (κ1) is 17.9. The summed E-state index contributed by atoms with van der Waals surface area (Å²) in [6, 6.07) is 6.35. The second-order valence-corrected chi connectivity index (χ2v) is 9.22. The number of pyridine rings is 1. The molecule has 2 aromatic rings. The van der Waals surface area contributed by atoms with E-state index in [-0.39, 0.29) is 5.54 Å². The van der Waals surface area contributed by atoms with E-state index in [1.807, 2.05) is 12.3 Å². The third-order valence-corrected chi connectivity index (χ3v) is 6.74. The number of hydrogen-bond acceptors (Lipinski definition) is 5. The van der Waals surface area contributed by atoms with E-state index in [4.69, 9.17) is 16.3 Å². The molecule has 2 fully saturated rings. The Balaban J connectivity index is 1.54. The van der Waals surface area contributed by atoms with Gasteiger partial charge in [-0.05, 0) is 0 Å². The number of fused-ring (bicyclic) bond motifs is 1. The van der Waals surface area contributed by atoms with Gasteiger partial charge < -0.3 is 0 Å². The Labute approximate surface area is 167 Å². The molecule has 2 aliphatic heterocycles. The first-order chi connectivity index (χ1) is 12.0. The van der Waals surface area contributed by atoms with Gasteiger partial charge >= 0.3 is 168 Å². The van der Waals surface area contributed by atoms with Crippen LogP contribution in [0.5, 0.6) is 0 Å². The molecule has 2 aliphatic rings. The maximum absolute atomic E-state index is 10.3. The van der Waals surface area contributed by atoms with E-state index < -0.39 is 6.10 Å².